The van der Waals surface area contributed by atoms with Crippen molar-refractivity contribution in [3.63, 3.8) is 0 Å². The molecule has 5 heteroatoms. The number of carbonyl (C=O) groups is 1. The van der Waals surface area contributed by atoms with Gasteiger partial charge >= 0.3 is 0 Å². The van der Waals surface area contributed by atoms with Crippen molar-refractivity contribution in [1.29, 1.82) is 0 Å². The number of likely N-dealkylation sites (N-methyl/N-ethyl adjacent to an activating group) is 1. The fraction of sp³-hybridized carbons (Fsp3) is 0.857. The second-order valence-corrected chi connectivity index (χ2v) is 5.36. The molecule has 0 aliphatic heterocycles. The average Bonchev–Trinajstić information content (AvgIpc) is 2.42. The van der Waals surface area contributed by atoms with E-state index in [2.05, 4.69) is 22.5 Å². The van der Waals surface area contributed by atoms with Gasteiger partial charge in [0.15, 0.2) is 5.96 Å². The lowest BCUT2D eigenvalue weighted by atomic mass is 9.96. The quantitative estimate of drug-likeness (QED) is 0.584. The topological polar surface area (TPSA) is 56.7 Å². The Hall–Kier alpha value is -1.26. The first-order valence-corrected chi connectivity index (χ1v) is 7.38. The predicted octanol–water partition coefficient (Wildman–Crippen LogP) is 1.35. The van der Waals surface area contributed by atoms with Gasteiger partial charge in [0.2, 0.25) is 5.91 Å². The standard InChI is InChI=1S/C14H28N4O/c1-4-10-15-14(16-11-13(19)18(2)3)17-12-8-6-5-7-9-12/h12H,4-11H2,1-3H3,(H2,15,16,17). The molecule has 0 aromatic rings. The van der Waals surface area contributed by atoms with E-state index in [9.17, 15) is 4.79 Å². The summed E-state index contributed by atoms with van der Waals surface area (Å²) in [7, 11) is 3.51. The van der Waals surface area contributed by atoms with Crippen LogP contribution in [0, 0.1) is 0 Å². The fourth-order valence-corrected chi connectivity index (χ4v) is 2.12. The summed E-state index contributed by atoms with van der Waals surface area (Å²) in [5.74, 6) is 0.810. The third kappa shape index (κ3) is 6.45. The Morgan fingerprint density at radius 3 is 2.53 bits per heavy atom. The molecule has 2 N–H and O–H groups in total. The van der Waals surface area contributed by atoms with E-state index in [1.54, 1.807) is 19.0 Å². The molecule has 1 fully saturated rings. The molecule has 0 aromatic heterocycles. The minimum Gasteiger partial charge on any atom is -0.356 e. The lowest BCUT2D eigenvalue weighted by Gasteiger charge is -2.25. The molecule has 0 atom stereocenters. The van der Waals surface area contributed by atoms with Crippen molar-refractivity contribution in [2.45, 2.75) is 51.5 Å². The Labute approximate surface area is 116 Å². The van der Waals surface area contributed by atoms with E-state index in [4.69, 9.17) is 0 Å². The summed E-state index contributed by atoms with van der Waals surface area (Å²) >= 11 is 0. The van der Waals surface area contributed by atoms with Crippen LogP contribution >= 0.6 is 0 Å². The fourth-order valence-electron chi connectivity index (χ4n) is 2.12. The summed E-state index contributed by atoms with van der Waals surface area (Å²) in [5, 5.41) is 6.73. The number of rotatable bonds is 5. The lowest BCUT2D eigenvalue weighted by Crippen LogP contribution is -2.45. The van der Waals surface area contributed by atoms with Crippen molar-refractivity contribution in [1.82, 2.24) is 15.5 Å². The molecule has 1 saturated carbocycles. The van der Waals surface area contributed by atoms with Gasteiger partial charge in [0.25, 0.3) is 0 Å². The number of nitrogens with zero attached hydrogens (tertiary/aromatic N) is 2. The highest BCUT2D eigenvalue weighted by molar-refractivity contribution is 5.84. The summed E-state index contributed by atoms with van der Waals surface area (Å²) < 4.78 is 0. The number of hydrogen-bond acceptors (Lipinski definition) is 2. The van der Waals surface area contributed by atoms with Crippen LogP contribution in [0.1, 0.15) is 45.4 Å². The summed E-state index contributed by atoms with van der Waals surface area (Å²) in [6.45, 7) is 3.21. The van der Waals surface area contributed by atoms with Gasteiger partial charge in [-0.2, -0.15) is 0 Å². The molecule has 0 bridgehead atoms. The van der Waals surface area contributed by atoms with Crippen LogP contribution in [0.3, 0.4) is 0 Å². The van der Waals surface area contributed by atoms with E-state index in [-0.39, 0.29) is 12.5 Å². The molecule has 5 nitrogen and oxygen atoms in total. The molecule has 19 heavy (non-hydrogen) atoms. The highest BCUT2D eigenvalue weighted by atomic mass is 16.2. The third-order valence-corrected chi connectivity index (χ3v) is 3.36. The molecule has 110 valence electrons. The van der Waals surface area contributed by atoms with E-state index in [1.165, 1.54) is 32.1 Å². The maximum Gasteiger partial charge on any atom is 0.243 e. The monoisotopic (exact) mass is 268 g/mol. The molecule has 0 spiro atoms. The number of nitrogens with one attached hydrogen (secondary N) is 2. The summed E-state index contributed by atoms with van der Waals surface area (Å²) in [6, 6.07) is 0.506. The molecule has 0 aromatic carbocycles. The van der Waals surface area contributed by atoms with Crippen LogP contribution in [0.2, 0.25) is 0 Å². The van der Waals surface area contributed by atoms with Crippen LogP contribution < -0.4 is 10.6 Å². The first-order chi connectivity index (χ1) is 9.13. The summed E-state index contributed by atoms with van der Waals surface area (Å²) in [4.78, 5) is 17.5. The van der Waals surface area contributed by atoms with Gasteiger partial charge in [-0.25, -0.2) is 4.99 Å². The number of carbonyl (C=O) groups excluding carboxylic acids is 1. The number of hydrogen-bond donors (Lipinski definition) is 2. The zero-order valence-corrected chi connectivity index (χ0v) is 12.5. The molecule has 1 aliphatic carbocycles. The van der Waals surface area contributed by atoms with Crippen LogP contribution in [0.4, 0.5) is 0 Å². The average molecular weight is 268 g/mol. The van der Waals surface area contributed by atoms with Crippen LogP contribution in [0.25, 0.3) is 0 Å². The van der Waals surface area contributed by atoms with Crippen LogP contribution in [-0.2, 0) is 4.79 Å². The Morgan fingerprint density at radius 1 is 1.26 bits per heavy atom. The molecule has 0 unspecified atom stereocenters. The number of aliphatic imine (C=N–C) groups is 1. The van der Waals surface area contributed by atoms with Gasteiger partial charge in [0.05, 0.1) is 0 Å². The van der Waals surface area contributed by atoms with Crippen molar-refractivity contribution in [2.75, 3.05) is 27.2 Å². The van der Waals surface area contributed by atoms with Gasteiger partial charge in [0, 0.05) is 26.7 Å². The number of amides is 1. The van der Waals surface area contributed by atoms with Gasteiger partial charge in [-0.05, 0) is 19.3 Å². The number of guanidine groups is 1. The minimum absolute atomic E-state index is 0.0289. The molecule has 0 heterocycles. The Morgan fingerprint density at radius 2 is 1.95 bits per heavy atom. The van der Waals surface area contributed by atoms with Crippen LogP contribution in [0.5, 0.6) is 0 Å². The SMILES string of the molecule is CCCNC(=NCC(=O)N(C)C)NC1CCCCC1. The van der Waals surface area contributed by atoms with Gasteiger partial charge in [0.1, 0.15) is 6.54 Å². The van der Waals surface area contributed by atoms with Crippen molar-refractivity contribution in [3.8, 4) is 0 Å². The summed E-state index contributed by atoms with van der Waals surface area (Å²) in [5.41, 5.74) is 0. The van der Waals surface area contributed by atoms with Gasteiger partial charge in [-0.15, -0.1) is 0 Å². The maximum absolute atomic E-state index is 11.6. The van der Waals surface area contributed by atoms with Gasteiger partial charge in [-0.1, -0.05) is 26.2 Å². The highest BCUT2D eigenvalue weighted by Crippen LogP contribution is 2.17. The highest BCUT2D eigenvalue weighted by Gasteiger charge is 2.14. The molecule has 1 rings (SSSR count). The molecular weight excluding hydrogens is 240 g/mol. The van der Waals surface area contributed by atoms with Crippen molar-refractivity contribution in [3.05, 3.63) is 0 Å². The zero-order valence-electron chi connectivity index (χ0n) is 12.5. The molecular formula is C14H28N4O. The Balaban J connectivity index is 2.49. The smallest absolute Gasteiger partial charge is 0.243 e. The van der Waals surface area contributed by atoms with Crippen LogP contribution in [-0.4, -0.2) is 50.0 Å². The molecule has 0 radical (unpaired) electrons. The normalized spacial score (nSPS) is 17.1. The van der Waals surface area contributed by atoms with Crippen molar-refractivity contribution in [2.24, 2.45) is 4.99 Å². The second-order valence-electron chi connectivity index (χ2n) is 5.36. The first kappa shape index (κ1) is 15.8. The van der Waals surface area contributed by atoms with Crippen molar-refractivity contribution < 1.29 is 4.79 Å². The van der Waals surface area contributed by atoms with E-state index < -0.39 is 0 Å². The molecule has 1 amide bonds. The first-order valence-electron chi connectivity index (χ1n) is 7.38. The van der Waals surface area contributed by atoms with E-state index in [0.29, 0.717) is 6.04 Å². The maximum atomic E-state index is 11.6. The molecule has 1 aliphatic rings. The van der Waals surface area contributed by atoms with Gasteiger partial charge < -0.3 is 15.5 Å². The van der Waals surface area contributed by atoms with E-state index in [0.717, 1.165) is 18.9 Å². The summed E-state index contributed by atoms with van der Waals surface area (Å²) in [6.07, 6.45) is 7.37. The predicted molar refractivity (Wildman–Crippen MR) is 79.3 cm³/mol. The minimum atomic E-state index is 0.0289. The Bertz CT molecular complexity index is 296. The zero-order chi connectivity index (χ0) is 14.1. The molecule has 0 saturated heterocycles. The lowest BCUT2D eigenvalue weighted by molar-refractivity contribution is -0.127. The third-order valence-electron chi connectivity index (χ3n) is 3.36. The van der Waals surface area contributed by atoms with E-state index in [1.807, 2.05) is 0 Å². The van der Waals surface area contributed by atoms with Crippen molar-refractivity contribution >= 4 is 11.9 Å². The van der Waals surface area contributed by atoms with Gasteiger partial charge in [-0.3, -0.25) is 4.79 Å². The second kappa shape index (κ2) is 8.77. The largest absolute Gasteiger partial charge is 0.356 e. The van der Waals surface area contributed by atoms with Crippen LogP contribution in [0.15, 0.2) is 4.99 Å². The Kier molecular flexibility index (Phi) is 7.30. The van der Waals surface area contributed by atoms with E-state index >= 15 is 0 Å².